The third-order valence-electron chi connectivity index (χ3n) is 7.58. The lowest BCUT2D eigenvalue weighted by molar-refractivity contribution is 0.0697. The van der Waals surface area contributed by atoms with E-state index in [0.29, 0.717) is 11.5 Å². The molecule has 0 saturated carbocycles. The van der Waals surface area contributed by atoms with Crippen LogP contribution in [-0.4, -0.2) is 77.9 Å². The number of nitrogens with zero attached hydrogens (tertiary/aromatic N) is 5. The van der Waals surface area contributed by atoms with Gasteiger partial charge in [-0.15, -0.1) is 10.2 Å². The molecule has 0 spiro atoms. The normalized spacial score (nSPS) is 12.7. The molecule has 26 heteroatoms. The lowest BCUT2D eigenvalue weighted by atomic mass is 10.1. The Balaban J connectivity index is 1.50. The van der Waals surface area contributed by atoms with Gasteiger partial charge in [0.1, 0.15) is 21.2 Å². The average molecular weight is 866 g/mol. The van der Waals surface area contributed by atoms with Crippen molar-refractivity contribution in [3.8, 4) is 0 Å². The minimum absolute atomic E-state index is 0.0448. The maximum absolute atomic E-state index is 12.5. The number of hydrogen-bond acceptors (Lipinski definition) is 16. The molecule has 21 nitrogen and oxygen atoms in total. The van der Waals surface area contributed by atoms with Crippen LogP contribution in [0.5, 0.6) is 0 Å². The van der Waals surface area contributed by atoms with Gasteiger partial charge in [-0.25, -0.2) is 4.79 Å². The summed E-state index contributed by atoms with van der Waals surface area (Å²) in [5.74, 6) is -2.57. The van der Waals surface area contributed by atoms with Crippen LogP contribution in [-0.2, 0) is 40.5 Å². The number of hydrogen-bond donors (Lipinski definition) is 7. The maximum Gasteiger partial charge on any atom is 0.337 e. The first-order chi connectivity index (χ1) is 26.0. The summed E-state index contributed by atoms with van der Waals surface area (Å²) in [7, 11) is -19.9. The Kier molecular flexibility index (Phi) is 10.3. The first kappa shape index (κ1) is 39.9. The number of aromatic carboxylic acids is 1. The van der Waals surface area contributed by atoms with Crippen LogP contribution in [0.3, 0.4) is 0 Å². The highest BCUT2D eigenvalue weighted by Gasteiger charge is 2.24. The number of fused-ring (bicyclic) bond motifs is 2. The summed E-state index contributed by atoms with van der Waals surface area (Å²) in [6.45, 7) is 0. The molecule has 5 aromatic carbocycles. The molecule has 0 unspecified atom stereocenters. The monoisotopic (exact) mass is 865 g/mol. The third kappa shape index (κ3) is 8.54. The van der Waals surface area contributed by atoms with Gasteiger partial charge in [-0.1, -0.05) is 30.3 Å². The van der Waals surface area contributed by atoms with Gasteiger partial charge in [0, 0.05) is 10.8 Å². The lowest BCUT2D eigenvalue weighted by Gasteiger charge is -2.14. The average Bonchev–Trinajstić information content (AvgIpc) is 3.08. The van der Waals surface area contributed by atoms with Crippen LogP contribution >= 0.6 is 11.6 Å². The van der Waals surface area contributed by atoms with E-state index >= 15 is 0 Å². The number of nitrogens with one attached hydrogen (secondary N) is 2. The fourth-order valence-corrected chi connectivity index (χ4v) is 7.94. The Labute approximate surface area is 319 Å². The predicted octanol–water partition coefficient (Wildman–Crippen LogP) is 5.42. The van der Waals surface area contributed by atoms with Gasteiger partial charge in [-0.3, -0.25) is 18.2 Å². The maximum atomic E-state index is 12.5. The van der Waals surface area contributed by atoms with Gasteiger partial charge >= 0.3 is 5.97 Å². The number of carboxylic acid groups (broad SMARTS) is 1. The van der Waals surface area contributed by atoms with Gasteiger partial charge in [-0.05, 0) is 70.9 Å². The van der Waals surface area contributed by atoms with Crippen molar-refractivity contribution in [2.45, 2.75) is 19.6 Å². The van der Waals surface area contributed by atoms with Crippen molar-refractivity contribution in [3.63, 3.8) is 0 Å². The van der Waals surface area contributed by atoms with Gasteiger partial charge in [0.25, 0.3) is 40.5 Å². The molecule has 0 aliphatic rings. The van der Waals surface area contributed by atoms with Crippen LogP contribution in [0.4, 0.5) is 34.6 Å². The van der Waals surface area contributed by atoms with Crippen molar-refractivity contribution in [3.05, 3.63) is 89.7 Å². The molecule has 0 radical (unpaired) electrons. The van der Waals surface area contributed by atoms with Crippen molar-refractivity contribution in [1.29, 1.82) is 0 Å². The molecule has 1 aromatic heterocycles. The second-order valence-electron chi connectivity index (χ2n) is 11.3. The fourth-order valence-electron chi connectivity index (χ4n) is 5.25. The Morgan fingerprint density at radius 1 is 0.589 bits per heavy atom. The molecule has 6 rings (SSSR count). The molecule has 0 bridgehead atoms. The summed E-state index contributed by atoms with van der Waals surface area (Å²) in [5, 5.41) is 22.0. The number of carbonyl (C=O) groups is 1. The SMILES string of the molecule is O=C(O)c1cc(S(=O)(=O)O)ccc1Nc1nc(Cl)nc(Nc2cc(S(=O)(=O)O)cc3cc(S(=O)(=O)O)c(N=Nc4ccc5ccccc5c4S(=O)(=O)O)cc23)n1. The molecule has 0 saturated heterocycles. The van der Waals surface area contributed by atoms with Gasteiger partial charge in [0.2, 0.25) is 17.2 Å². The summed E-state index contributed by atoms with van der Waals surface area (Å²) < 4.78 is 137. The zero-order valence-corrected chi connectivity index (χ0v) is 31.2. The van der Waals surface area contributed by atoms with E-state index in [1.54, 1.807) is 12.1 Å². The van der Waals surface area contributed by atoms with Gasteiger partial charge < -0.3 is 15.7 Å². The Morgan fingerprint density at radius 3 is 1.82 bits per heavy atom. The summed E-state index contributed by atoms with van der Waals surface area (Å²) in [5.41, 5.74) is -2.31. The quantitative estimate of drug-likeness (QED) is 0.0631. The topological polar surface area (TPSA) is 342 Å². The molecule has 1 heterocycles. The van der Waals surface area contributed by atoms with Crippen LogP contribution in [0.2, 0.25) is 5.28 Å². The molecule has 56 heavy (non-hydrogen) atoms. The minimum atomic E-state index is -5.19. The molecule has 0 amide bonds. The molecule has 0 fully saturated rings. The minimum Gasteiger partial charge on any atom is -0.478 e. The predicted molar refractivity (Wildman–Crippen MR) is 196 cm³/mol. The van der Waals surface area contributed by atoms with Crippen molar-refractivity contribution >= 4 is 114 Å². The first-order valence-electron chi connectivity index (χ1n) is 14.8. The molecule has 0 aliphatic heterocycles. The molecule has 0 aliphatic carbocycles. The second-order valence-corrected chi connectivity index (χ2v) is 17.2. The van der Waals surface area contributed by atoms with E-state index in [2.05, 4.69) is 35.8 Å². The number of benzene rings is 5. The van der Waals surface area contributed by atoms with Crippen molar-refractivity contribution in [1.82, 2.24) is 15.0 Å². The standard InChI is InChI=1S/C30H20ClN7O14S4/c31-28-34-29(32-21-8-6-16(53(41,42)43)11-20(21)27(39)40)36-30(35-28)33-23-12-17(54(44,45)46)9-15-10-25(55(47,48)49)24(13-19(15)23)38-37-22-7-5-14-3-1-2-4-18(14)26(22)56(50,51)52/h1-13H,(H,39,40)(H,41,42,43)(H,44,45,46)(H,47,48,49)(H,50,51,52)(H2,32,33,34,35,36). The van der Waals surface area contributed by atoms with E-state index in [-0.39, 0.29) is 27.5 Å². The summed E-state index contributed by atoms with van der Waals surface area (Å²) in [6.07, 6.45) is 0. The highest BCUT2D eigenvalue weighted by molar-refractivity contribution is 7.86. The number of rotatable bonds is 11. The molecular weight excluding hydrogens is 846 g/mol. The third-order valence-corrected chi connectivity index (χ3v) is 11.3. The van der Waals surface area contributed by atoms with E-state index in [4.69, 9.17) is 11.6 Å². The molecule has 6 aromatic rings. The highest BCUT2D eigenvalue weighted by atomic mass is 35.5. The van der Waals surface area contributed by atoms with E-state index in [9.17, 15) is 61.8 Å². The van der Waals surface area contributed by atoms with Crippen LogP contribution in [0, 0.1) is 0 Å². The lowest BCUT2D eigenvalue weighted by Crippen LogP contribution is -2.09. The van der Waals surface area contributed by atoms with E-state index < -0.39 is 100 Å². The molecule has 0 atom stereocenters. The van der Waals surface area contributed by atoms with Gasteiger partial charge in [0.15, 0.2) is 0 Å². The zero-order chi connectivity index (χ0) is 41.0. The van der Waals surface area contributed by atoms with Crippen molar-refractivity contribution < 1.29 is 61.8 Å². The first-order valence-corrected chi connectivity index (χ1v) is 20.9. The number of anilines is 4. The Hall–Kier alpha value is -5.77. The largest absolute Gasteiger partial charge is 0.478 e. The molecule has 7 N–H and O–H groups in total. The summed E-state index contributed by atoms with van der Waals surface area (Å²) >= 11 is 6.08. The van der Waals surface area contributed by atoms with Crippen LogP contribution in [0.25, 0.3) is 21.5 Å². The number of aromatic nitrogens is 3. The molecular formula is C30H20ClN7O14S4. The zero-order valence-electron chi connectivity index (χ0n) is 27.2. The Morgan fingerprint density at radius 2 is 1.21 bits per heavy atom. The van der Waals surface area contributed by atoms with E-state index in [1.807, 2.05) is 0 Å². The second kappa shape index (κ2) is 14.4. The Bertz CT molecular complexity index is 3150. The van der Waals surface area contributed by atoms with Gasteiger partial charge in [0.05, 0.1) is 26.7 Å². The van der Waals surface area contributed by atoms with Gasteiger partial charge in [-0.2, -0.15) is 48.6 Å². The summed E-state index contributed by atoms with van der Waals surface area (Å²) in [6, 6.07) is 14.6. The summed E-state index contributed by atoms with van der Waals surface area (Å²) in [4.78, 5) is 20.5. The number of azo groups is 1. The van der Waals surface area contributed by atoms with E-state index in [1.165, 1.54) is 24.3 Å². The van der Waals surface area contributed by atoms with E-state index in [0.717, 1.165) is 36.4 Å². The van der Waals surface area contributed by atoms with Crippen molar-refractivity contribution in [2.75, 3.05) is 10.6 Å². The highest BCUT2D eigenvalue weighted by Crippen LogP contribution is 2.39. The van der Waals surface area contributed by atoms with Crippen LogP contribution < -0.4 is 10.6 Å². The van der Waals surface area contributed by atoms with Crippen LogP contribution in [0.1, 0.15) is 10.4 Å². The van der Waals surface area contributed by atoms with Crippen molar-refractivity contribution in [2.24, 2.45) is 10.2 Å². The fraction of sp³-hybridized carbons (Fsp3) is 0. The van der Waals surface area contributed by atoms with Crippen LogP contribution in [0.15, 0.2) is 109 Å². The number of carboxylic acids is 1. The number of halogens is 1. The smallest absolute Gasteiger partial charge is 0.337 e. The molecule has 290 valence electrons.